The predicted molar refractivity (Wildman–Crippen MR) is 58.0 cm³/mol. The Morgan fingerprint density at radius 2 is 2.06 bits per heavy atom. The van der Waals surface area contributed by atoms with Gasteiger partial charge in [-0.3, -0.25) is 9.89 Å². The first kappa shape index (κ1) is 11.1. The van der Waals surface area contributed by atoms with Crippen molar-refractivity contribution < 1.29 is 14.3 Å². The number of aromatic amines is 1. The molecule has 0 bridgehead atoms. The standard InChI is InChI=1S/C11H9FN2O3/c1-6-9(11(16)17)13-14(10(6)15)8-5-3-2-4-7(8)12/h2-5,13H,1H3,(H,16,17). The smallest absolute Gasteiger partial charge is 0.354 e. The summed E-state index contributed by atoms with van der Waals surface area (Å²) in [5.74, 6) is -1.86. The molecule has 0 fully saturated rings. The van der Waals surface area contributed by atoms with Crippen molar-refractivity contribution in [2.24, 2.45) is 0 Å². The Kier molecular flexibility index (Phi) is 2.55. The van der Waals surface area contributed by atoms with Gasteiger partial charge in [-0.25, -0.2) is 13.9 Å². The molecule has 0 radical (unpaired) electrons. The number of carboxylic acid groups (broad SMARTS) is 1. The van der Waals surface area contributed by atoms with Crippen molar-refractivity contribution in [1.29, 1.82) is 0 Å². The van der Waals surface area contributed by atoms with Crippen LogP contribution in [0.25, 0.3) is 5.69 Å². The Morgan fingerprint density at radius 3 is 2.59 bits per heavy atom. The highest BCUT2D eigenvalue weighted by atomic mass is 19.1. The first-order valence-corrected chi connectivity index (χ1v) is 4.82. The maximum atomic E-state index is 13.5. The van der Waals surface area contributed by atoms with Crippen molar-refractivity contribution in [3.8, 4) is 5.69 Å². The van der Waals surface area contributed by atoms with Gasteiger partial charge in [0.05, 0.1) is 0 Å². The maximum Gasteiger partial charge on any atom is 0.354 e. The Hall–Kier alpha value is -2.37. The van der Waals surface area contributed by atoms with Crippen molar-refractivity contribution in [3.05, 3.63) is 51.7 Å². The molecule has 2 N–H and O–H groups in total. The maximum absolute atomic E-state index is 13.5. The lowest BCUT2D eigenvalue weighted by molar-refractivity contribution is 0.0689. The minimum Gasteiger partial charge on any atom is -0.477 e. The number of rotatable bonds is 2. The van der Waals surface area contributed by atoms with Gasteiger partial charge in [0.15, 0.2) is 0 Å². The summed E-state index contributed by atoms with van der Waals surface area (Å²) >= 11 is 0. The molecule has 0 amide bonds. The normalized spacial score (nSPS) is 10.5. The number of carboxylic acids is 1. The van der Waals surface area contributed by atoms with Crippen LogP contribution in [-0.2, 0) is 0 Å². The van der Waals surface area contributed by atoms with Crippen LogP contribution in [0.3, 0.4) is 0 Å². The van der Waals surface area contributed by atoms with Crippen molar-refractivity contribution in [1.82, 2.24) is 9.78 Å². The third-order valence-electron chi connectivity index (χ3n) is 2.43. The number of benzene rings is 1. The van der Waals surface area contributed by atoms with Crippen molar-refractivity contribution >= 4 is 5.97 Å². The van der Waals surface area contributed by atoms with E-state index in [1.165, 1.54) is 25.1 Å². The second kappa shape index (κ2) is 3.89. The van der Waals surface area contributed by atoms with Gasteiger partial charge in [0.2, 0.25) is 0 Å². The van der Waals surface area contributed by atoms with Crippen LogP contribution in [-0.4, -0.2) is 20.9 Å². The van der Waals surface area contributed by atoms with E-state index < -0.39 is 17.3 Å². The average Bonchev–Trinajstić information content (AvgIpc) is 2.57. The van der Waals surface area contributed by atoms with Crippen molar-refractivity contribution in [2.75, 3.05) is 0 Å². The van der Waals surface area contributed by atoms with Crippen molar-refractivity contribution in [2.45, 2.75) is 6.92 Å². The SMILES string of the molecule is Cc1c(C(=O)O)[nH]n(-c2ccccc2F)c1=O. The number of para-hydroxylation sites is 1. The lowest BCUT2D eigenvalue weighted by Gasteiger charge is -2.02. The Balaban J connectivity index is 2.70. The van der Waals surface area contributed by atoms with Gasteiger partial charge in [0.1, 0.15) is 17.2 Å². The van der Waals surface area contributed by atoms with E-state index in [1.54, 1.807) is 6.07 Å². The lowest BCUT2D eigenvalue weighted by atomic mass is 10.3. The molecule has 0 unspecified atom stereocenters. The Bertz CT molecular complexity index is 642. The molecule has 2 aromatic rings. The predicted octanol–water partition coefficient (Wildman–Crippen LogP) is 1.31. The minimum atomic E-state index is -1.25. The molecule has 6 heteroatoms. The molecule has 0 saturated heterocycles. The second-order valence-electron chi connectivity index (χ2n) is 3.51. The van der Waals surface area contributed by atoms with E-state index in [0.717, 1.165) is 4.68 Å². The fourth-order valence-corrected chi connectivity index (χ4v) is 1.53. The van der Waals surface area contributed by atoms with Gasteiger partial charge in [-0.05, 0) is 19.1 Å². The van der Waals surface area contributed by atoms with Crippen LogP contribution in [0.1, 0.15) is 16.1 Å². The highest BCUT2D eigenvalue weighted by Crippen LogP contribution is 2.11. The van der Waals surface area contributed by atoms with Crippen LogP contribution in [0.15, 0.2) is 29.1 Å². The molecular formula is C11H9FN2O3. The number of hydrogen-bond acceptors (Lipinski definition) is 2. The molecule has 1 aromatic heterocycles. The number of nitrogens with zero attached hydrogens (tertiary/aromatic N) is 1. The third kappa shape index (κ3) is 1.73. The highest BCUT2D eigenvalue weighted by molar-refractivity contribution is 5.86. The zero-order valence-corrected chi connectivity index (χ0v) is 8.90. The van der Waals surface area contributed by atoms with E-state index in [2.05, 4.69) is 5.10 Å². The zero-order chi connectivity index (χ0) is 12.6. The van der Waals surface area contributed by atoms with Gasteiger partial charge in [-0.15, -0.1) is 0 Å². The summed E-state index contributed by atoms with van der Waals surface area (Å²) in [5, 5.41) is 11.2. The quantitative estimate of drug-likeness (QED) is 0.825. The first-order chi connectivity index (χ1) is 8.02. The van der Waals surface area contributed by atoms with Gasteiger partial charge >= 0.3 is 5.97 Å². The molecule has 1 heterocycles. The lowest BCUT2D eigenvalue weighted by Crippen LogP contribution is -2.16. The summed E-state index contributed by atoms with van der Waals surface area (Å²) < 4.78 is 14.4. The van der Waals surface area contributed by atoms with E-state index in [-0.39, 0.29) is 16.9 Å². The zero-order valence-electron chi connectivity index (χ0n) is 8.90. The molecule has 0 aliphatic carbocycles. The molecule has 0 aliphatic heterocycles. The van der Waals surface area contributed by atoms with Crippen LogP contribution < -0.4 is 5.56 Å². The van der Waals surface area contributed by atoms with Crippen LogP contribution in [0, 0.1) is 12.7 Å². The van der Waals surface area contributed by atoms with Gasteiger partial charge < -0.3 is 5.11 Å². The summed E-state index contributed by atoms with van der Waals surface area (Å²) in [5.41, 5.74) is -0.778. The average molecular weight is 236 g/mol. The van der Waals surface area contributed by atoms with E-state index in [0.29, 0.717) is 0 Å². The summed E-state index contributed by atoms with van der Waals surface area (Å²) in [6.07, 6.45) is 0. The minimum absolute atomic E-state index is 0.00639. The molecule has 2 rings (SSSR count). The van der Waals surface area contributed by atoms with E-state index in [4.69, 9.17) is 5.11 Å². The van der Waals surface area contributed by atoms with Crippen molar-refractivity contribution in [3.63, 3.8) is 0 Å². The molecule has 0 spiro atoms. The van der Waals surface area contributed by atoms with Crippen LogP contribution in [0.5, 0.6) is 0 Å². The van der Waals surface area contributed by atoms with Gasteiger partial charge in [-0.2, -0.15) is 0 Å². The molecule has 5 nitrogen and oxygen atoms in total. The Labute approximate surface area is 95.1 Å². The highest BCUT2D eigenvalue weighted by Gasteiger charge is 2.17. The third-order valence-corrected chi connectivity index (χ3v) is 2.43. The molecule has 0 atom stereocenters. The first-order valence-electron chi connectivity index (χ1n) is 4.82. The van der Waals surface area contributed by atoms with Crippen LogP contribution >= 0.6 is 0 Å². The van der Waals surface area contributed by atoms with Crippen LogP contribution in [0.4, 0.5) is 4.39 Å². The molecular weight excluding hydrogens is 227 g/mol. The number of aromatic nitrogens is 2. The Morgan fingerprint density at radius 1 is 1.41 bits per heavy atom. The summed E-state index contributed by atoms with van der Waals surface area (Å²) in [7, 11) is 0. The number of hydrogen-bond donors (Lipinski definition) is 2. The van der Waals surface area contributed by atoms with E-state index in [9.17, 15) is 14.0 Å². The number of carbonyl (C=O) groups is 1. The van der Waals surface area contributed by atoms with Crippen LogP contribution in [0.2, 0.25) is 0 Å². The fourth-order valence-electron chi connectivity index (χ4n) is 1.53. The van der Waals surface area contributed by atoms with E-state index in [1.807, 2.05) is 0 Å². The fraction of sp³-hybridized carbons (Fsp3) is 0.0909. The molecule has 0 aliphatic rings. The molecule has 88 valence electrons. The number of nitrogens with one attached hydrogen (secondary N) is 1. The molecule has 0 saturated carbocycles. The second-order valence-corrected chi connectivity index (χ2v) is 3.51. The number of aromatic carboxylic acids is 1. The number of halogens is 1. The van der Waals surface area contributed by atoms with E-state index >= 15 is 0 Å². The number of H-pyrrole nitrogens is 1. The summed E-state index contributed by atoms with van der Waals surface area (Å²) in [6.45, 7) is 1.37. The van der Waals surface area contributed by atoms with Gasteiger partial charge in [-0.1, -0.05) is 12.1 Å². The summed E-state index contributed by atoms with van der Waals surface area (Å²) in [4.78, 5) is 22.6. The topological polar surface area (TPSA) is 75.1 Å². The molecule has 17 heavy (non-hydrogen) atoms. The van der Waals surface area contributed by atoms with Gasteiger partial charge in [0.25, 0.3) is 5.56 Å². The monoisotopic (exact) mass is 236 g/mol. The largest absolute Gasteiger partial charge is 0.477 e. The molecule has 1 aromatic carbocycles. The summed E-state index contributed by atoms with van der Waals surface area (Å²) in [6, 6.07) is 5.62. The van der Waals surface area contributed by atoms with Gasteiger partial charge in [0, 0.05) is 5.56 Å².